The second kappa shape index (κ2) is 5.99. The largest absolute Gasteiger partial charge is 0.295 e. The van der Waals surface area contributed by atoms with Gasteiger partial charge in [-0.2, -0.15) is 5.26 Å². The first-order valence-electron chi connectivity index (χ1n) is 6.84. The highest BCUT2D eigenvalue weighted by molar-refractivity contribution is 5.97. The molecule has 0 amide bonds. The Kier molecular flexibility index (Phi) is 4.34. The highest BCUT2D eigenvalue weighted by Crippen LogP contribution is 2.21. The minimum absolute atomic E-state index is 0.144. The molecule has 0 N–H and O–H groups in total. The van der Waals surface area contributed by atoms with E-state index in [0.717, 1.165) is 13.1 Å². The smallest absolute Gasteiger partial charge is 0.176 e. The van der Waals surface area contributed by atoms with Gasteiger partial charge in [0.25, 0.3) is 0 Å². The number of carbonyl (C=O) groups excluding carboxylic acids is 1. The third kappa shape index (κ3) is 3.65. The number of ketones is 1. The molecule has 0 spiro atoms. The molecule has 1 saturated heterocycles. The molecule has 1 aromatic carbocycles. The van der Waals surface area contributed by atoms with E-state index in [1.54, 1.807) is 24.3 Å². The van der Waals surface area contributed by atoms with Gasteiger partial charge in [-0.15, -0.1) is 0 Å². The number of piperidine rings is 1. The van der Waals surface area contributed by atoms with E-state index in [9.17, 15) is 4.79 Å². The third-order valence-electron chi connectivity index (χ3n) is 3.65. The summed E-state index contributed by atoms with van der Waals surface area (Å²) in [5.74, 6) is 1.47. The SMILES string of the molecule is CC1CC(C)CN(CC(=O)c2ccc(C#N)cc2)C1. The van der Waals surface area contributed by atoms with E-state index in [-0.39, 0.29) is 5.78 Å². The lowest BCUT2D eigenvalue weighted by molar-refractivity contribution is 0.0849. The molecule has 0 saturated carbocycles. The van der Waals surface area contributed by atoms with Crippen molar-refractivity contribution in [1.82, 2.24) is 4.90 Å². The van der Waals surface area contributed by atoms with Crippen LogP contribution in [0.2, 0.25) is 0 Å². The maximum absolute atomic E-state index is 12.2. The fourth-order valence-electron chi connectivity index (χ4n) is 2.95. The number of nitrogens with zero attached hydrogens (tertiary/aromatic N) is 2. The van der Waals surface area contributed by atoms with Crippen molar-refractivity contribution < 1.29 is 4.79 Å². The second-order valence-corrected chi connectivity index (χ2v) is 5.75. The van der Waals surface area contributed by atoms with Crippen molar-refractivity contribution >= 4 is 5.78 Å². The highest BCUT2D eigenvalue weighted by Gasteiger charge is 2.23. The number of likely N-dealkylation sites (tertiary alicyclic amines) is 1. The van der Waals surface area contributed by atoms with Crippen molar-refractivity contribution in [2.75, 3.05) is 19.6 Å². The van der Waals surface area contributed by atoms with Gasteiger partial charge >= 0.3 is 0 Å². The summed E-state index contributed by atoms with van der Waals surface area (Å²) in [7, 11) is 0. The van der Waals surface area contributed by atoms with Crippen LogP contribution in [-0.2, 0) is 0 Å². The lowest BCUT2D eigenvalue weighted by Gasteiger charge is -2.34. The first-order chi connectivity index (χ1) is 9.08. The van der Waals surface area contributed by atoms with Gasteiger partial charge in [-0.3, -0.25) is 9.69 Å². The monoisotopic (exact) mass is 256 g/mol. The molecular formula is C16H20N2O. The van der Waals surface area contributed by atoms with Crippen LogP contribution in [-0.4, -0.2) is 30.3 Å². The molecular weight excluding hydrogens is 236 g/mol. The zero-order valence-corrected chi connectivity index (χ0v) is 11.6. The van der Waals surface area contributed by atoms with Crippen LogP contribution in [0.1, 0.15) is 36.2 Å². The number of rotatable bonds is 3. The molecule has 2 unspecified atom stereocenters. The van der Waals surface area contributed by atoms with Crippen LogP contribution in [0.3, 0.4) is 0 Å². The van der Waals surface area contributed by atoms with Crippen molar-refractivity contribution in [3.8, 4) is 6.07 Å². The van der Waals surface area contributed by atoms with Gasteiger partial charge in [-0.25, -0.2) is 0 Å². The summed E-state index contributed by atoms with van der Waals surface area (Å²) in [6.45, 7) is 6.99. The van der Waals surface area contributed by atoms with Crippen molar-refractivity contribution in [3.63, 3.8) is 0 Å². The zero-order chi connectivity index (χ0) is 13.8. The van der Waals surface area contributed by atoms with E-state index >= 15 is 0 Å². The summed E-state index contributed by atoms with van der Waals surface area (Å²) < 4.78 is 0. The first-order valence-corrected chi connectivity index (χ1v) is 6.84. The summed E-state index contributed by atoms with van der Waals surface area (Å²) >= 11 is 0. The summed E-state index contributed by atoms with van der Waals surface area (Å²) in [4.78, 5) is 14.5. The molecule has 2 rings (SSSR count). The number of Topliss-reactive ketones (excluding diaryl/α,β-unsaturated/α-hetero) is 1. The Morgan fingerprint density at radius 2 is 1.84 bits per heavy atom. The average Bonchev–Trinajstić information content (AvgIpc) is 2.37. The van der Waals surface area contributed by atoms with E-state index < -0.39 is 0 Å². The van der Waals surface area contributed by atoms with E-state index in [4.69, 9.17) is 5.26 Å². The predicted octanol–water partition coefficient (Wildman–Crippen LogP) is 2.72. The van der Waals surface area contributed by atoms with Crippen LogP contribution in [0, 0.1) is 23.2 Å². The van der Waals surface area contributed by atoms with Gasteiger partial charge in [0.05, 0.1) is 18.2 Å². The van der Waals surface area contributed by atoms with Crippen LogP contribution in [0.4, 0.5) is 0 Å². The fourth-order valence-corrected chi connectivity index (χ4v) is 2.95. The molecule has 1 fully saturated rings. The van der Waals surface area contributed by atoms with Crippen molar-refractivity contribution in [3.05, 3.63) is 35.4 Å². The van der Waals surface area contributed by atoms with Crippen LogP contribution in [0.15, 0.2) is 24.3 Å². The van der Waals surface area contributed by atoms with Crippen LogP contribution in [0.5, 0.6) is 0 Å². The molecule has 100 valence electrons. The van der Waals surface area contributed by atoms with Crippen LogP contribution >= 0.6 is 0 Å². The molecule has 0 aliphatic carbocycles. The molecule has 3 nitrogen and oxygen atoms in total. The molecule has 0 bridgehead atoms. The highest BCUT2D eigenvalue weighted by atomic mass is 16.1. The van der Waals surface area contributed by atoms with Crippen molar-refractivity contribution in [2.45, 2.75) is 20.3 Å². The molecule has 0 radical (unpaired) electrons. The molecule has 2 atom stereocenters. The fraction of sp³-hybridized carbons (Fsp3) is 0.500. The Hall–Kier alpha value is -1.66. The van der Waals surface area contributed by atoms with E-state index in [0.29, 0.717) is 29.5 Å². The normalized spacial score (nSPS) is 23.8. The topological polar surface area (TPSA) is 44.1 Å². The van der Waals surface area contributed by atoms with E-state index in [1.165, 1.54) is 6.42 Å². The van der Waals surface area contributed by atoms with Crippen molar-refractivity contribution in [1.29, 1.82) is 5.26 Å². The number of nitriles is 1. The van der Waals surface area contributed by atoms with Crippen molar-refractivity contribution in [2.24, 2.45) is 11.8 Å². The van der Waals surface area contributed by atoms with Gasteiger partial charge in [-0.05, 0) is 30.4 Å². The maximum Gasteiger partial charge on any atom is 0.176 e. The van der Waals surface area contributed by atoms with Crippen LogP contribution < -0.4 is 0 Å². The van der Waals surface area contributed by atoms with Gasteiger partial charge in [0.15, 0.2) is 5.78 Å². The average molecular weight is 256 g/mol. The molecule has 1 aromatic rings. The lowest BCUT2D eigenvalue weighted by atomic mass is 9.91. The van der Waals surface area contributed by atoms with Gasteiger partial charge in [0.1, 0.15) is 0 Å². The molecule has 1 aliphatic heterocycles. The second-order valence-electron chi connectivity index (χ2n) is 5.75. The summed E-state index contributed by atoms with van der Waals surface area (Å²) in [5, 5.41) is 8.74. The molecule has 19 heavy (non-hydrogen) atoms. The van der Waals surface area contributed by atoms with E-state index in [1.807, 2.05) is 0 Å². The number of benzene rings is 1. The molecule has 1 aliphatic rings. The summed E-state index contributed by atoms with van der Waals surface area (Å²) in [6, 6.07) is 8.97. The molecule has 1 heterocycles. The first kappa shape index (κ1) is 13.8. The number of hydrogen-bond acceptors (Lipinski definition) is 3. The summed E-state index contributed by atoms with van der Waals surface area (Å²) in [5.41, 5.74) is 1.29. The minimum Gasteiger partial charge on any atom is -0.295 e. The van der Waals surface area contributed by atoms with Gasteiger partial charge < -0.3 is 0 Å². The third-order valence-corrected chi connectivity index (χ3v) is 3.65. The predicted molar refractivity (Wildman–Crippen MR) is 74.9 cm³/mol. The van der Waals surface area contributed by atoms with Gasteiger partial charge in [0, 0.05) is 18.7 Å². The Bertz CT molecular complexity index is 476. The van der Waals surface area contributed by atoms with Gasteiger partial charge in [-0.1, -0.05) is 26.0 Å². The summed E-state index contributed by atoms with van der Waals surface area (Å²) in [6.07, 6.45) is 1.25. The van der Waals surface area contributed by atoms with Gasteiger partial charge in [0.2, 0.25) is 0 Å². The minimum atomic E-state index is 0.144. The Morgan fingerprint density at radius 3 is 2.37 bits per heavy atom. The Morgan fingerprint density at radius 1 is 1.26 bits per heavy atom. The quantitative estimate of drug-likeness (QED) is 0.781. The maximum atomic E-state index is 12.2. The Labute approximate surface area is 114 Å². The zero-order valence-electron chi connectivity index (χ0n) is 11.6. The Balaban J connectivity index is 1.98. The standard InChI is InChI=1S/C16H20N2O/c1-12-7-13(2)10-18(9-12)11-16(19)15-5-3-14(8-17)4-6-15/h3-6,12-13H,7,9-11H2,1-2H3. The molecule has 3 heteroatoms. The molecule has 0 aromatic heterocycles. The number of hydrogen-bond donors (Lipinski definition) is 0. The number of carbonyl (C=O) groups is 1. The van der Waals surface area contributed by atoms with Crippen LogP contribution in [0.25, 0.3) is 0 Å². The van der Waals surface area contributed by atoms with E-state index in [2.05, 4.69) is 24.8 Å². The lowest BCUT2D eigenvalue weighted by Crippen LogP contribution is -2.41.